The smallest absolute Gasteiger partial charge is 0.260 e. The van der Waals surface area contributed by atoms with E-state index in [0.717, 1.165) is 35.1 Å². The zero-order chi connectivity index (χ0) is 22.6. The first-order valence-electron chi connectivity index (χ1n) is 9.62. The van der Waals surface area contributed by atoms with Crippen LogP contribution in [0, 0.1) is 5.82 Å². The number of halogens is 1. The van der Waals surface area contributed by atoms with Gasteiger partial charge >= 0.3 is 0 Å². The summed E-state index contributed by atoms with van der Waals surface area (Å²) in [7, 11) is -3.86. The molecule has 32 heavy (non-hydrogen) atoms. The summed E-state index contributed by atoms with van der Waals surface area (Å²) in [5.74, 6) is -0.927. The third-order valence-corrected chi connectivity index (χ3v) is 8.56. The highest BCUT2D eigenvalue weighted by atomic mass is 32.2. The van der Waals surface area contributed by atoms with E-state index < -0.39 is 21.7 Å². The molecule has 0 aliphatic carbocycles. The zero-order valence-corrected chi connectivity index (χ0v) is 19.2. The number of amides is 1. The Hall–Kier alpha value is -2.38. The first kappa shape index (κ1) is 22.8. The summed E-state index contributed by atoms with van der Waals surface area (Å²) in [6, 6.07) is 13.0. The van der Waals surface area contributed by atoms with Crippen molar-refractivity contribution >= 4 is 44.2 Å². The van der Waals surface area contributed by atoms with Crippen LogP contribution in [0.25, 0.3) is 0 Å². The molecule has 0 spiro atoms. The topological polar surface area (TPSA) is 101 Å². The third-order valence-electron chi connectivity index (χ3n) is 4.62. The molecular weight excluding hydrogens is 475 g/mol. The van der Waals surface area contributed by atoms with Gasteiger partial charge in [0.1, 0.15) is 5.82 Å². The Morgan fingerprint density at radius 3 is 2.66 bits per heavy atom. The van der Waals surface area contributed by atoms with Crippen LogP contribution in [0.1, 0.15) is 15.9 Å². The van der Waals surface area contributed by atoms with Gasteiger partial charge in [-0.15, -0.1) is 10.2 Å². The van der Waals surface area contributed by atoms with E-state index in [9.17, 15) is 17.6 Å². The van der Waals surface area contributed by atoms with Gasteiger partial charge in [0.15, 0.2) is 4.34 Å². The summed E-state index contributed by atoms with van der Waals surface area (Å²) in [6.07, 6.45) is 0. The van der Waals surface area contributed by atoms with Crippen LogP contribution in [-0.2, 0) is 20.5 Å². The van der Waals surface area contributed by atoms with Gasteiger partial charge in [0.25, 0.3) is 5.91 Å². The van der Waals surface area contributed by atoms with Crippen molar-refractivity contribution in [3.63, 3.8) is 0 Å². The fourth-order valence-electron chi connectivity index (χ4n) is 2.98. The van der Waals surface area contributed by atoms with Crippen LogP contribution in [0.5, 0.6) is 0 Å². The van der Waals surface area contributed by atoms with Gasteiger partial charge in [0.05, 0.1) is 23.7 Å². The number of ether oxygens (including phenoxy) is 1. The molecule has 1 amide bonds. The van der Waals surface area contributed by atoms with Gasteiger partial charge < -0.3 is 4.74 Å². The van der Waals surface area contributed by atoms with E-state index in [4.69, 9.17) is 4.74 Å². The number of hydrogen-bond donors (Lipinski definition) is 1. The van der Waals surface area contributed by atoms with Crippen molar-refractivity contribution in [2.75, 3.05) is 31.6 Å². The van der Waals surface area contributed by atoms with Crippen LogP contribution in [0.4, 0.5) is 9.52 Å². The maximum absolute atomic E-state index is 14.3. The Bertz CT molecular complexity index is 1200. The standard InChI is InChI=1S/C20H19FN4O4S3/c21-17-7-6-15(32(27,28)25-8-10-29-11-9-25)12-16(17)18(26)22-19-23-24-20(31-19)30-13-14-4-2-1-3-5-14/h1-7,12H,8-11,13H2,(H,22,23,26). The fourth-order valence-corrected chi connectivity index (χ4v) is 6.11. The normalized spacial score (nSPS) is 14.9. The lowest BCUT2D eigenvalue weighted by molar-refractivity contribution is 0.0730. The van der Waals surface area contributed by atoms with Crippen LogP contribution in [0.2, 0.25) is 0 Å². The lowest BCUT2D eigenvalue weighted by atomic mass is 10.2. The minimum atomic E-state index is -3.86. The summed E-state index contributed by atoms with van der Waals surface area (Å²) in [6.45, 7) is 0.982. The SMILES string of the molecule is O=C(Nc1nnc(SCc2ccccc2)s1)c1cc(S(=O)(=O)N2CCOCC2)ccc1F. The molecule has 1 N–H and O–H groups in total. The molecule has 0 saturated carbocycles. The van der Waals surface area contributed by atoms with Crippen molar-refractivity contribution in [3.05, 3.63) is 65.5 Å². The average molecular weight is 495 g/mol. The van der Waals surface area contributed by atoms with Gasteiger partial charge in [-0.1, -0.05) is 53.4 Å². The molecule has 0 radical (unpaired) electrons. The minimum Gasteiger partial charge on any atom is -0.379 e. The number of morpholine rings is 1. The molecule has 1 aliphatic heterocycles. The van der Waals surface area contributed by atoms with Gasteiger partial charge in [-0.25, -0.2) is 12.8 Å². The molecule has 4 rings (SSSR count). The van der Waals surface area contributed by atoms with E-state index in [2.05, 4.69) is 15.5 Å². The number of anilines is 1. The molecule has 2 heterocycles. The Balaban J connectivity index is 1.45. The van der Waals surface area contributed by atoms with Gasteiger partial charge in [-0.2, -0.15) is 4.31 Å². The summed E-state index contributed by atoms with van der Waals surface area (Å²) in [5.41, 5.74) is 0.742. The predicted molar refractivity (Wildman–Crippen MR) is 120 cm³/mol. The number of hydrogen-bond acceptors (Lipinski definition) is 8. The van der Waals surface area contributed by atoms with Crippen LogP contribution in [0.15, 0.2) is 57.8 Å². The van der Waals surface area contributed by atoms with Crippen molar-refractivity contribution in [1.82, 2.24) is 14.5 Å². The molecule has 3 aromatic rings. The summed E-state index contributed by atoms with van der Waals surface area (Å²) in [5, 5.41) is 10.6. The van der Waals surface area contributed by atoms with E-state index in [0.29, 0.717) is 10.1 Å². The number of nitrogens with one attached hydrogen (secondary N) is 1. The van der Waals surface area contributed by atoms with E-state index in [1.807, 2.05) is 30.3 Å². The monoisotopic (exact) mass is 494 g/mol. The van der Waals surface area contributed by atoms with E-state index >= 15 is 0 Å². The molecule has 168 valence electrons. The number of thioether (sulfide) groups is 1. The molecule has 1 aromatic heterocycles. The number of aromatic nitrogens is 2. The average Bonchev–Trinajstić information content (AvgIpc) is 3.26. The Morgan fingerprint density at radius 2 is 1.91 bits per heavy atom. The third kappa shape index (κ3) is 5.33. The molecule has 0 atom stereocenters. The van der Waals surface area contributed by atoms with E-state index in [1.165, 1.54) is 16.1 Å². The predicted octanol–water partition coefficient (Wildman–Crippen LogP) is 3.24. The molecule has 0 unspecified atom stereocenters. The Labute approximate surface area is 192 Å². The largest absolute Gasteiger partial charge is 0.379 e. The molecule has 8 nitrogen and oxygen atoms in total. The summed E-state index contributed by atoms with van der Waals surface area (Å²) < 4.78 is 47.1. The van der Waals surface area contributed by atoms with Gasteiger partial charge in [0, 0.05) is 18.8 Å². The highest BCUT2D eigenvalue weighted by Crippen LogP contribution is 2.29. The van der Waals surface area contributed by atoms with Crippen molar-refractivity contribution in [1.29, 1.82) is 0 Å². The van der Waals surface area contributed by atoms with E-state index in [-0.39, 0.29) is 41.9 Å². The molecule has 0 bridgehead atoms. The molecule has 2 aromatic carbocycles. The highest BCUT2D eigenvalue weighted by Gasteiger charge is 2.28. The fraction of sp³-hybridized carbons (Fsp3) is 0.250. The van der Waals surface area contributed by atoms with Crippen molar-refractivity contribution in [2.24, 2.45) is 0 Å². The first-order valence-corrected chi connectivity index (χ1v) is 12.9. The number of rotatable bonds is 7. The van der Waals surface area contributed by atoms with Crippen molar-refractivity contribution in [3.8, 4) is 0 Å². The zero-order valence-electron chi connectivity index (χ0n) is 16.7. The first-order chi connectivity index (χ1) is 15.4. The molecule has 1 saturated heterocycles. The van der Waals surface area contributed by atoms with Crippen LogP contribution < -0.4 is 5.32 Å². The van der Waals surface area contributed by atoms with Crippen LogP contribution >= 0.6 is 23.1 Å². The number of carbonyl (C=O) groups is 1. The van der Waals surface area contributed by atoms with Crippen molar-refractivity contribution in [2.45, 2.75) is 15.0 Å². The second-order valence-corrected chi connectivity index (χ2v) is 10.9. The summed E-state index contributed by atoms with van der Waals surface area (Å²) >= 11 is 2.63. The molecule has 12 heteroatoms. The van der Waals surface area contributed by atoms with Crippen LogP contribution in [0.3, 0.4) is 0 Å². The van der Waals surface area contributed by atoms with Gasteiger partial charge in [0.2, 0.25) is 15.2 Å². The molecule has 1 fully saturated rings. The maximum atomic E-state index is 14.3. The van der Waals surface area contributed by atoms with Gasteiger partial charge in [-0.3, -0.25) is 10.1 Å². The Morgan fingerprint density at radius 1 is 1.16 bits per heavy atom. The molecular formula is C20H19FN4O4S3. The van der Waals surface area contributed by atoms with Crippen LogP contribution in [-0.4, -0.2) is 55.1 Å². The number of nitrogens with zero attached hydrogens (tertiary/aromatic N) is 3. The Kier molecular flexibility index (Phi) is 7.16. The lowest BCUT2D eigenvalue weighted by Crippen LogP contribution is -2.40. The van der Waals surface area contributed by atoms with Crippen molar-refractivity contribution < 1.29 is 22.3 Å². The summed E-state index contributed by atoms with van der Waals surface area (Å²) in [4.78, 5) is 12.5. The second-order valence-electron chi connectivity index (χ2n) is 6.76. The number of sulfonamides is 1. The highest BCUT2D eigenvalue weighted by molar-refractivity contribution is 8.00. The quantitative estimate of drug-likeness (QED) is 0.397. The number of benzene rings is 2. The minimum absolute atomic E-state index is 0.151. The molecule has 1 aliphatic rings. The van der Waals surface area contributed by atoms with Gasteiger partial charge in [-0.05, 0) is 23.8 Å². The number of carbonyl (C=O) groups excluding carboxylic acids is 1. The van der Waals surface area contributed by atoms with E-state index in [1.54, 1.807) is 0 Å². The second kappa shape index (κ2) is 10.0. The maximum Gasteiger partial charge on any atom is 0.260 e. The lowest BCUT2D eigenvalue weighted by Gasteiger charge is -2.26.